The molecule has 10 heteroatoms. The monoisotopic (exact) mass is 421 g/mol. The van der Waals surface area contributed by atoms with E-state index in [9.17, 15) is 22.8 Å². The van der Waals surface area contributed by atoms with Crippen LogP contribution in [-0.4, -0.2) is 15.5 Å². The van der Waals surface area contributed by atoms with Crippen molar-refractivity contribution in [3.05, 3.63) is 69.2 Å². The summed E-state index contributed by atoms with van der Waals surface area (Å²) < 4.78 is 41.1. The molecule has 0 spiro atoms. The van der Waals surface area contributed by atoms with Gasteiger partial charge in [-0.15, -0.1) is 22.7 Å². The van der Waals surface area contributed by atoms with Crippen LogP contribution >= 0.6 is 22.7 Å². The van der Waals surface area contributed by atoms with Gasteiger partial charge in [0.2, 0.25) is 5.91 Å². The van der Waals surface area contributed by atoms with Crippen LogP contribution in [0.1, 0.15) is 0 Å². The maximum Gasteiger partial charge on any atom is 0.263 e. The van der Waals surface area contributed by atoms with Gasteiger partial charge in [0.25, 0.3) is 5.56 Å². The predicted octanol–water partition coefficient (Wildman–Crippen LogP) is 4.24. The molecule has 0 bridgehead atoms. The molecule has 4 rings (SSSR count). The van der Waals surface area contributed by atoms with E-state index in [2.05, 4.69) is 10.3 Å². The summed E-state index contributed by atoms with van der Waals surface area (Å²) in [5, 5.41) is 6.24. The number of amides is 1. The zero-order valence-corrected chi connectivity index (χ0v) is 15.5. The number of nitrogens with zero attached hydrogens (tertiary/aromatic N) is 2. The Labute approximate surface area is 163 Å². The van der Waals surface area contributed by atoms with Gasteiger partial charge >= 0.3 is 0 Å². The highest BCUT2D eigenvalue weighted by atomic mass is 32.1. The van der Waals surface area contributed by atoms with Crippen LogP contribution in [0.2, 0.25) is 0 Å². The van der Waals surface area contributed by atoms with Gasteiger partial charge in [0.1, 0.15) is 11.4 Å². The first-order valence-electron chi connectivity index (χ1n) is 7.89. The van der Waals surface area contributed by atoms with Crippen molar-refractivity contribution in [3.8, 4) is 10.4 Å². The smallest absolute Gasteiger partial charge is 0.263 e. The van der Waals surface area contributed by atoms with Gasteiger partial charge in [-0.2, -0.15) is 0 Å². The van der Waals surface area contributed by atoms with Crippen molar-refractivity contribution in [2.45, 2.75) is 6.54 Å². The molecule has 1 amide bonds. The number of benzene rings is 1. The van der Waals surface area contributed by atoms with E-state index in [0.29, 0.717) is 16.3 Å². The number of thiophene rings is 2. The Morgan fingerprint density at radius 3 is 2.71 bits per heavy atom. The molecule has 0 unspecified atom stereocenters. The van der Waals surface area contributed by atoms with Crippen LogP contribution in [0, 0.1) is 17.5 Å². The minimum absolute atomic E-state index is 0.391. The van der Waals surface area contributed by atoms with Crippen LogP contribution in [0.25, 0.3) is 20.7 Å². The maximum atomic E-state index is 13.7. The molecule has 0 aliphatic rings. The second-order valence-corrected chi connectivity index (χ2v) is 7.56. The summed E-state index contributed by atoms with van der Waals surface area (Å²) in [7, 11) is 0. The van der Waals surface area contributed by atoms with E-state index in [4.69, 9.17) is 0 Å². The van der Waals surface area contributed by atoms with Gasteiger partial charge in [-0.05, 0) is 23.6 Å². The minimum atomic E-state index is -1.68. The van der Waals surface area contributed by atoms with Crippen molar-refractivity contribution >= 4 is 44.5 Å². The summed E-state index contributed by atoms with van der Waals surface area (Å²) in [6.07, 6.45) is 1.22. The average molecular weight is 421 g/mol. The van der Waals surface area contributed by atoms with Crippen molar-refractivity contribution in [1.29, 1.82) is 0 Å². The van der Waals surface area contributed by atoms with Crippen LogP contribution in [0.4, 0.5) is 18.9 Å². The van der Waals surface area contributed by atoms with Gasteiger partial charge in [-0.1, -0.05) is 6.07 Å². The molecule has 0 aliphatic carbocycles. The van der Waals surface area contributed by atoms with E-state index in [1.807, 2.05) is 22.9 Å². The summed E-state index contributed by atoms with van der Waals surface area (Å²) in [5.74, 6) is -5.33. The van der Waals surface area contributed by atoms with Gasteiger partial charge in [-0.3, -0.25) is 14.2 Å². The first kappa shape index (κ1) is 18.4. The van der Waals surface area contributed by atoms with Crippen molar-refractivity contribution in [2.75, 3.05) is 5.32 Å². The van der Waals surface area contributed by atoms with Gasteiger partial charge in [0.15, 0.2) is 17.5 Å². The first-order valence-corrected chi connectivity index (χ1v) is 9.65. The van der Waals surface area contributed by atoms with Crippen molar-refractivity contribution < 1.29 is 18.0 Å². The first-order chi connectivity index (χ1) is 13.5. The molecule has 28 heavy (non-hydrogen) atoms. The fourth-order valence-corrected chi connectivity index (χ4v) is 4.38. The molecule has 142 valence electrons. The van der Waals surface area contributed by atoms with E-state index >= 15 is 0 Å². The van der Waals surface area contributed by atoms with Gasteiger partial charge in [-0.25, -0.2) is 18.2 Å². The van der Waals surface area contributed by atoms with E-state index in [1.165, 1.54) is 29.0 Å². The Hall–Kier alpha value is -2.98. The molecule has 0 radical (unpaired) electrons. The van der Waals surface area contributed by atoms with E-state index in [0.717, 1.165) is 21.1 Å². The molecule has 5 nitrogen and oxygen atoms in total. The number of nitrogens with one attached hydrogen (secondary N) is 1. The normalized spacial score (nSPS) is 11.1. The molecular formula is C18H10F3N3O2S2. The van der Waals surface area contributed by atoms with Gasteiger partial charge in [0, 0.05) is 15.8 Å². The quantitative estimate of drug-likeness (QED) is 0.502. The Bertz CT molecular complexity index is 1250. The third kappa shape index (κ3) is 3.20. The standard InChI is InChI=1S/C18H10F3N3O2S2/c19-10-3-4-11(16(21)15(10)20)23-13(25)6-24-8-22-17-14(18(24)26)9(7-28-17)12-2-1-5-27-12/h1-5,7-8H,6H2,(H,23,25). The maximum absolute atomic E-state index is 13.7. The topological polar surface area (TPSA) is 64.0 Å². The SMILES string of the molecule is O=C(Cn1cnc2scc(-c3cccs3)c2c1=O)Nc1ccc(F)c(F)c1F. The highest BCUT2D eigenvalue weighted by Crippen LogP contribution is 2.33. The third-order valence-electron chi connectivity index (χ3n) is 3.97. The lowest BCUT2D eigenvalue weighted by molar-refractivity contribution is -0.116. The summed E-state index contributed by atoms with van der Waals surface area (Å²) >= 11 is 2.79. The lowest BCUT2D eigenvalue weighted by Gasteiger charge is -2.09. The molecule has 1 aromatic carbocycles. The average Bonchev–Trinajstić information content (AvgIpc) is 3.34. The number of carbonyl (C=O) groups excluding carboxylic acids is 1. The zero-order chi connectivity index (χ0) is 19.8. The zero-order valence-electron chi connectivity index (χ0n) is 13.9. The summed E-state index contributed by atoms with van der Waals surface area (Å²) in [4.78, 5) is 30.7. The number of halogens is 3. The fraction of sp³-hybridized carbons (Fsp3) is 0.0556. The molecule has 0 saturated carbocycles. The van der Waals surface area contributed by atoms with Crippen LogP contribution in [0.15, 0.2) is 46.1 Å². The Balaban J connectivity index is 1.64. The lowest BCUT2D eigenvalue weighted by Crippen LogP contribution is -2.28. The number of anilines is 1. The summed E-state index contributed by atoms with van der Waals surface area (Å²) in [5.41, 5.74) is -0.203. The molecule has 0 saturated heterocycles. The second kappa shape index (κ2) is 7.21. The highest BCUT2D eigenvalue weighted by molar-refractivity contribution is 7.18. The summed E-state index contributed by atoms with van der Waals surface area (Å²) in [6.45, 7) is -0.458. The van der Waals surface area contributed by atoms with Crippen LogP contribution in [0.5, 0.6) is 0 Å². The molecule has 0 atom stereocenters. The number of aromatic nitrogens is 2. The molecule has 3 heterocycles. The summed E-state index contributed by atoms with van der Waals surface area (Å²) in [6, 6.07) is 5.35. The number of carbonyl (C=O) groups is 1. The number of rotatable bonds is 4. The predicted molar refractivity (Wildman–Crippen MR) is 102 cm³/mol. The van der Waals surface area contributed by atoms with E-state index in [1.54, 1.807) is 0 Å². The Morgan fingerprint density at radius 1 is 1.14 bits per heavy atom. The van der Waals surface area contributed by atoms with Crippen molar-refractivity contribution in [2.24, 2.45) is 0 Å². The molecule has 0 aliphatic heterocycles. The van der Waals surface area contributed by atoms with Crippen molar-refractivity contribution in [1.82, 2.24) is 9.55 Å². The largest absolute Gasteiger partial charge is 0.322 e. The molecule has 0 fully saturated rings. The molecule has 1 N–H and O–H groups in total. The molecular weight excluding hydrogens is 411 g/mol. The third-order valence-corrected chi connectivity index (χ3v) is 5.76. The molecule has 3 aromatic heterocycles. The number of hydrogen-bond donors (Lipinski definition) is 1. The van der Waals surface area contributed by atoms with Crippen LogP contribution in [-0.2, 0) is 11.3 Å². The second-order valence-electron chi connectivity index (χ2n) is 5.76. The highest BCUT2D eigenvalue weighted by Gasteiger charge is 2.18. The number of hydrogen-bond acceptors (Lipinski definition) is 5. The van der Waals surface area contributed by atoms with E-state index in [-0.39, 0.29) is 0 Å². The van der Waals surface area contributed by atoms with Crippen LogP contribution in [0.3, 0.4) is 0 Å². The fourth-order valence-electron chi connectivity index (χ4n) is 2.66. The Kier molecular flexibility index (Phi) is 4.73. The lowest BCUT2D eigenvalue weighted by atomic mass is 10.2. The molecule has 4 aromatic rings. The Morgan fingerprint density at radius 2 is 1.96 bits per heavy atom. The van der Waals surface area contributed by atoms with Crippen LogP contribution < -0.4 is 10.9 Å². The minimum Gasteiger partial charge on any atom is -0.322 e. The number of fused-ring (bicyclic) bond motifs is 1. The van der Waals surface area contributed by atoms with Gasteiger partial charge < -0.3 is 5.32 Å². The van der Waals surface area contributed by atoms with Gasteiger partial charge in [0.05, 0.1) is 17.4 Å². The van der Waals surface area contributed by atoms with Crippen molar-refractivity contribution in [3.63, 3.8) is 0 Å². The van der Waals surface area contributed by atoms with E-state index < -0.39 is 41.2 Å².